The molecule has 0 aliphatic rings. The third-order valence-corrected chi connectivity index (χ3v) is 5.47. The molecule has 2 aromatic carbocycles. The van der Waals surface area contributed by atoms with Crippen molar-refractivity contribution in [2.75, 3.05) is 32.2 Å². The van der Waals surface area contributed by atoms with Crippen LogP contribution in [0, 0.1) is 0 Å². The number of halogens is 1. The molecule has 2 rings (SSSR count). The number of nitrogens with two attached hydrogens (primary N) is 2. The van der Waals surface area contributed by atoms with Gasteiger partial charge in [0.15, 0.2) is 0 Å². The normalized spacial score (nSPS) is 13.0. The molecular formula is C24H34ClN3O4. The third kappa shape index (κ3) is 7.91. The van der Waals surface area contributed by atoms with Gasteiger partial charge in [-0.05, 0) is 35.4 Å². The van der Waals surface area contributed by atoms with Crippen LogP contribution in [-0.2, 0) is 5.41 Å². The van der Waals surface area contributed by atoms with Gasteiger partial charge in [-0.1, -0.05) is 38.1 Å². The van der Waals surface area contributed by atoms with Crippen molar-refractivity contribution >= 4 is 11.6 Å². The van der Waals surface area contributed by atoms with Crippen LogP contribution in [0.15, 0.2) is 60.4 Å². The molecular weight excluding hydrogens is 430 g/mol. The maximum absolute atomic E-state index is 9.52. The molecule has 6 N–H and O–H groups in total. The largest absolute Gasteiger partial charge is 0.494 e. The van der Waals surface area contributed by atoms with Crippen LogP contribution in [-0.4, -0.2) is 53.6 Å². The van der Waals surface area contributed by atoms with E-state index in [1.807, 2.05) is 36.4 Å². The number of hydrogen-bond acceptors (Lipinski definition) is 7. The standard InChI is InChI=1S/C24H34ClN3O4/c1-24(2,19-6-10-23(11-7-19)32-17-21(30)14-25)18-4-8-22(9-5-18)31-13-3-12-28(27)15-20(26)16-29/h4-11,15,21,29-30H,3,12-14,16-17,26-27H2,1-2H3/b20-15-. The first-order chi connectivity index (χ1) is 15.3. The Hall–Kier alpha value is -2.45. The van der Waals surface area contributed by atoms with Gasteiger partial charge in [0.1, 0.15) is 24.2 Å². The summed E-state index contributed by atoms with van der Waals surface area (Å²) in [6, 6.07) is 15.9. The molecule has 2 aromatic rings. The number of hydrogen-bond donors (Lipinski definition) is 4. The van der Waals surface area contributed by atoms with E-state index in [9.17, 15) is 5.11 Å². The summed E-state index contributed by atoms with van der Waals surface area (Å²) in [6.07, 6.45) is 1.55. The van der Waals surface area contributed by atoms with Crippen LogP contribution in [0.5, 0.6) is 11.5 Å². The highest BCUT2D eigenvalue weighted by Gasteiger charge is 2.23. The monoisotopic (exact) mass is 463 g/mol. The average molecular weight is 464 g/mol. The Morgan fingerprint density at radius 1 is 1.06 bits per heavy atom. The first kappa shape index (κ1) is 25.8. The molecule has 0 aliphatic carbocycles. The van der Waals surface area contributed by atoms with Crippen LogP contribution in [0.4, 0.5) is 0 Å². The minimum Gasteiger partial charge on any atom is -0.494 e. The van der Waals surface area contributed by atoms with Crippen LogP contribution >= 0.6 is 11.6 Å². The molecule has 7 nitrogen and oxygen atoms in total. The molecule has 0 bridgehead atoms. The zero-order chi connectivity index (χ0) is 23.6. The molecule has 0 aromatic heterocycles. The zero-order valence-electron chi connectivity index (χ0n) is 18.7. The number of hydrazine groups is 1. The summed E-state index contributed by atoms with van der Waals surface area (Å²) in [5.74, 6) is 7.42. The average Bonchev–Trinajstić information content (AvgIpc) is 2.80. The van der Waals surface area contributed by atoms with E-state index in [2.05, 4.69) is 26.0 Å². The van der Waals surface area contributed by atoms with Crippen molar-refractivity contribution in [2.45, 2.75) is 31.8 Å². The second-order valence-corrected chi connectivity index (χ2v) is 8.40. The molecule has 0 fully saturated rings. The summed E-state index contributed by atoms with van der Waals surface area (Å²) in [4.78, 5) is 0. The number of aliphatic hydroxyl groups excluding tert-OH is 2. The van der Waals surface area contributed by atoms with Crippen molar-refractivity contribution in [1.82, 2.24) is 5.01 Å². The quantitative estimate of drug-likeness (QED) is 0.156. The number of benzene rings is 2. The second-order valence-electron chi connectivity index (χ2n) is 8.09. The Labute approximate surface area is 195 Å². The van der Waals surface area contributed by atoms with Crippen LogP contribution in [0.1, 0.15) is 31.4 Å². The number of nitrogens with zero attached hydrogens (tertiary/aromatic N) is 1. The van der Waals surface area contributed by atoms with Crippen LogP contribution in [0.3, 0.4) is 0 Å². The molecule has 1 unspecified atom stereocenters. The van der Waals surface area contributed by atoms with Crippen LogP contribution in [0.25, 0.3) is 0 Å². The minimum absolute atomic E-state index is 0.146. The molecule has 0 saturated carbocycles. The molecule has 0 radical (unpaired) electrons. The SMILES string of the molecule is CC(C)(c1ccc(OCCCN(N)/C=C(\N)CO)cc1)c1ccc(OCC(O)CCl)cc1. The summed E-state index contributed by atoms with van der Waals surface area (Å²) >= 11 is 5.59. The van der Waals surface area contributed by atoms with E-state index in [1.54, 1.807) is 0 Å². The topological polar surface area (TPSA) is 114 Å². The number of rotatable bonds is 13. The molecule has 32 heavy (non-hydrogen) atoms. The smallest absolute Gasteiger partial charge is 0.119 e. The Balaban J connectivity index is 1.89. The Morgan fingerprint density at radius 3 is 2.09 bits per heavy atom. The Bertz CT molecular complexity index is 841. The molecule has 1 atom stereocenters. The van der Waals surface area contributed by atoms with Gasteiger partial charge in [-0.2, -0.15) is 0 Å². The molecule has 0 aliphatic heterocycles. The predicted molar refractivity (Wildman–Crippen MR) is 128 cm³/mol. The lowest BCUT2D eigenvalue weighted by Crippen LogP contribution is -2.29. The highest BCUT2D eigenvalue weighted by Crippen LogP contribution is 2.33. The fraction of sp³-hybridized carbons (Fsp3) is 0.417. The molecule has 8 heteroatoms. The van der Waals surface area contributed by atoms with E-state index < -0.39 is 6.10 Å². The summed E-state index contributed by atoms with van der Waals surface area (Å²) in [6.45, 7) is 5.36. The van der Waals surface area contributed by atoms with Gasteiger partial charge in [-0.15, -0.1) is 11.6 Å². The predicted octanol–water partition coefficient (Wildman–Crippen LogP) is 2.73. The van der Waals surface area contributed by atoms with Crippen molar-refractivity contribution in [3.8, 4) is 11.5 Å². The maximum atomic E-state index is 9.52. The van der Waals surface area contributed by atoms with Gasteiger partial charge in [0.25, 0.3) is 0 Å². The fourth-order valence-corrected chi connectivity index (χ4v) is 3.18. The summed E-state index contributed by atoms with van der Waals surface area (Å²) in [5, 5.41) is 19.9. The van der Waals surface area contributed by atoms with Crippen molar-refractivity contribution in [3.63, 3.8) is 0 Å². The van der Waals surface area contributed by atoms with E-state index >= 15 is 0 Å². The fourth-order valence-electron chi connectivity index (χ4n) is 3.09. The number of alkyl halides is 1. The van der Waals surface area contributed by atoms with E-state index in [0.717, 1.165) is 23.3 Å². The lowest BCUT2D eigenvalue weighted by atomic mass is 9.78. The summed E-state index contributed by atoms with van der Waals surface area (Å²) in [7, 11) is 0. The Morgan fingerprint density at radius 2 is 1.59 bits per heavy atom. The molecule has 0 amide bonds. The van der Waals surface area contributed by atoms with Crippen molar-refractivity contribution in [1.29, 1.82) is 0 Å². The van der Waals surface area contributed by atoms with Gasteiger partial charge < -0.3 is 30.4 Å². The van der Waals surface area contributed by atoms with Crippen LogP contribution in [0.2, 0.25) is 0 Å². The van der Waals surface area contributed by atoms with Gasteiger partial charge in [-0.3, -0.25) is 0 Å². The Kier molecular flexibility index (Phi) is 10.1. The van der Waals surface area contributed by atoms with Crippen LogP contribution < -0.4 is 21.1 Å². The maximum Gasteiger partial charge on any atom is 0.119 e. The van der Waals surface area contributed by atoms with Gasteiger partial charge in [0.05, 0.1) is 24.8 Å². The highest BCUT2D eigenvalue weighted by molar-refractivity contribution is 6.18. The molecule has 0 saturated heterocycles. The first-order valence-electron chi connectivity index (χ1n) is 10.6. The molecule has 0 spiro atoms. The van der Waals surface area contributed by atoms with Crippen molar-refractivity contribution in [2.24, 2.45) is 11.6 Å². The zero-order valence-corrected chi connectivity index (χ0v) is 19.5. The highest BCUT2D eigenvalue weighted by atomic mass is 35.5. The summed E-state index contributed by atoms with van der Waals surface area (Å²) in [5.41, 5.74) is 7.96. The van der Waals surface area contributed by atoms with E-state index in [0.29, 0.717) is 24.6 Å². The second kappa shape index (κ2) is 12.6. The summed E-state index contributed by atoms with van der Waals surface area (Å²) < 4.78 is 11.4. The third-order valence-electron chi connectivity index (χ3n) is 5.12. The van der Waals surface area contributed by atoms with Crippen molar-refractivity contribution in [3.05, 3.63) is 71.6 Å². The van der Waals surface area contributed by atoms with Gasteiger partial charge in [0, 0.05) is 24.6 Å². The molecule has 176 valence electrons. The minimum atomic E-state index is -0.676. The van der Waals surface area contributed by atoms with E-state index in [-0.39, 0.29) is 24.5 Å². The molecule has 0 heterocycles. The van der Waals surface area contributed by atoms with Gasteiger partial charge in [0.2, 0.25) is 0 Å². The lowest BCUT2D eigenvalue weighted by Gasteiger charge is -2.26. The lowest BCUT2D eigenvalue weighted by molar-refractivity contribution is 0.125. The van der Waals surface area contributed by atoms with Crippen molar-refractivity contribution < 1.29 is 19.7 Å². The van der Waals surface area contributed by atoms with E-state index in [4.69, 9.17) is 37.8 Å². The van der Waals surface area contributed by atoms with Gasteiger partial charge >= 0.3 is 0 Å². The number of ether oxygens (including phenoxy) is 2. The number of aliphatic hydroxyl groups is 2. The van der Waals surface area contributed by atoms with Gasteiger partial charge in [-0.25, -0.2) is 5.84 Å². The first-order valence-corrected chi connectivity index (χ1v) is 11.1. The van der Waals surface area contributed by atoms with E-state index in [1.165, 1.54) is 11.2 Å².